The van der Waals surface area contributed by atoms with Crippen LogP contribution in [0.3, 0.4) is 0 Å². The van der Waals surface area contributed by atoms with E-state index in [4.69, 9.17) is 18.7 Å². The van der Waals surface area contributed by atoms with Crippen LogP contribution >= 0.6 is 11.8 Å². The maximum atomic E-state index is 12.7. The van der Waals surface area contributed by atoms with Gasteiger partial charge in [0.25, 0.3) is 5.91 Å². The summed E-state index contributed by atoms with van der Waals surface area (Å²) in [5, 5.41) is 4.46. The molecule has 34 heavy (non-hydrogen) atoms. The fourth-order valence-electron chi connectivity index (χ4n) is 3.17. The third-order valence-corrected chi connectivity index (χ3v) is 6.18. The molecule has 3 rings (SSSR count). The van der Waals surface area contributed by atoms with Gasteiger partial charge in [0.1, 0.15) is 10.8 Å². The van der Waals surface area contributed by atoms with E-state index in [1.165, 1.54) is 16.7 Å². The average Bonchev–Trinajstić information content (AvgIpc) is 3.17. The number of aromatic nitrogens is 2. The Bertz CT molecular complexity index is 1140. The zero-order valence-electron chi connectivity index (χ0n) is 19.8. The maximum absolute atomic E-state index is 12.7. The first-order chi connectivity index (χ1) is 16.3. The van der Waals surface area contributed by atoms with Gasteiger partial charge in [-0.25, -0.2) is 9.78 Å². The number of rotatable bonds is 10. The second-order valence-electron chi connectivity index (χ2n) is 7.46. The van der Waals surface area contributed by atoms with Crippen molar-refractivity contribution in [3.63, 3.8) is 0 Å². The molecule has 180 valence electrons. The van der Waals surface area contributed by atoms with Crippen LogP contribution in [0.25, 0.3) is 0 Å². The number of carbonyl (C=O) groups excluding carboxylic acids is 2. The van der Waals surface area contributed by atoms with Crippen LogP contribution in [0.2, 0.25) is 0 Å². The molecule has 0 saturated heterocycles. The van der Waals surface area contributed by atoms with Gasteiger partial charge in [-0.1, -0.05) is 11.2 Å². The summed E-state index contributed by atoms with van der Waals surface area (Å²) < 4.78 is 21.0. The molecule has 0 aliphatic carbocycles. The third kappa shape index (κ3) is 6.07. The number of amides is 1. The van der Waals surface area contributed by atoms with E-state index in [0.717, 1.165) is 22.6 Å². The lowest BCUT2D eigenvalue weighted by atomic mass is 10.2. The molecule has 0 aliphatic heterocycles. The number of carbonyl (C=O) groups is 2. The predicted octanol–water partition coefficient (Wildman–Crippen LogP) is 3.81. The van der Waals surface area contributed by atoms with E-state index in [1.807, 2.05) is 19.9 Å². The Balaban J connectivity index is 1.58. The Morgan fingerprint density at radius 3 is 2.56 bits per heavy atom. The van der Waals surface area contributed by atoms with Crippen LogP contribution in [0.1, 0.15) is 32.9 Å². The number of hydrogen-bond donors (Lipinski definition) is 0. The number of hydrogen-bond acceptors (Lipinski definition) is 9. The van der Waals surface area contributed by atoms with E-state index in [9.17, 15) is 9.59 Å². The minimum absolute atomic E-state index is 0.301. The third-order valence-electron chi connectivity index (χ3n) is 5.15. The molecule has 9 nitrogen and oxygen atoms in total. The van der Waals surface area contributed by atoms with Gasteiger partial charge >= 0.3 is 5.97 Å². The molecule has 1 amide bonds. The minimum atomic E-state index is -0.609. The number of ether oxygens (including phenoxy) is 3. The topological polar surface area (TPSA) is 104 Å². The zero-order chi connectivity index (χ0) is 24.7. The molecular formula is C24H27N3O6S. The monoisotopic (exact) mass is 485 g/mol. The maximum Gasteiger partial charge on any atom is 0.341 e. The Hall–Kier alpha value is -3.53. The van der Waals surface area contributed by atoms with Crippen molar-refractivity contribution >= 4 is 23.6 Å². The number of methoxy groups -OCH3 is 2. The van der Waals surface area contributed by atoms with Crippen molar-refractivity contribution in [2.45, 2.75) is 31.2 Å². The average molecular weight is 486 g/mol. The first kappa shape index (κ1) is 25.1. The van der Waals surface area contributed by atoms with E-state index in [2.05, 4.69) is 10.1 Å². The highest BCUT2D eigenvalue weighted by Gasteiger charge is 2.19. The quantitative estimate of drug-likeness (QED) is 0.313. The molecule has 0 saturated carbocycles. The van der Waals surface area contributed by atoms with E-state index in [0.29, 0.717) is 34.4 Å². The molecule has 0 radical (unpaired) electrons. The van der Waals surface area contributed by atoms with Gasteiger partial charge in [0.05, 0.1) is 25.5 Å². The van der Waals surface area contributed by atoms with Crippen molar-refractivity contribution < 1.29 is 28.3 Å². The lowest BCUT2D eigenvalue weighted by Crippen LogP contribution is -2.31. The standard InChI is InChI=1S/C24H27N3O6S/c1-15-19(16(2)33-26-15)14-34-23-18(7-6-10-25-23)24(29)32-13-22(28)27(3)12-17-8-9-20(30-4)21(11-17)31-5/h6-11H,12-14H2,1-5H3. The highest BCUT2D eigenvalue weighted by molar-refractivity contribution is 7.98. The summed E-state index contributed by atoms with van der Waals surface area (Å²) in [7, 11) is 4.75. The van der Waals surface area contributed by atoms with Crippen LogP contribution in [0, 0.1) is 13.8 Å². The summed E-state index contributed by atoms with van der Waals surface area (Å²) in [6.07, 6.45) is 1.61. The number of pyridine rings is 1. The molecule has 0 bridgehead atoms. The van der Waals surface area contributed by atoms with E-state index >= 15 is 0 Å². The van der Waals surface area contributed by atoms with Crippen molar-refractivity contribution in [2.75, 3.05) is 27.9 Å². The van der Waals surface area contributed by atoms with Gasteiger partial charge in [-0.15, -0.1) is 11.8 Å². The van der Waals surface area contributed by atoms with E-state index in [1.54, 1.807) is 51.7 Å². The Morgan fingerprint density at radius 1 is 1.12 bits per heavy atom. The molecule has 3 aromatic rings. The van der Waals surface area contributed by atoms with Gasteiger partial charge in [-0.2, -0.15) is 0 Å². The molecular weight excluding hydrogens is 458 g/mol. The molecule has 1 aromatic carbocycles. The van der Waals surface area contributed by atoms with Crippen molar-refractivity contribution in [3.8, 4) is 11.5 Å². The molecule has 0 fully saturated rings. The van der Waals surface area contributed by atoms with Gasteiger partial charge in [-0.05, 0) is 43.7 Å². The van der Waals surface area contributed by atoms with Gasteiger partial charge in [0.15, 0.2) is 18.1 Å². The van der Waals surface area contributed by atoms with Crippen molar-refractivity contribution in [3.05, 3.63) is 64.7 Å². The minimum Gasteiger partial charge on any atom is -0.493 e. The molecule has 0 unspecified atom stereocenters. The number of nitrogens with zero attached hydrogens (tertiary/aromatic N) is 3. The summed E-state index contributed by atoms with van der Waals surface area (Å²) in [5.41, 5.74) is 2.91. The molecule has 0 spiro atoms. The van der Waals surface area contributed by atoms with Crippen LogP contribution in [0.5, 0.6) is 11.5 Å². The fourth-order valence-corrected chi connectivity index (χ4v) is 4.30. The van der Waals surface area contributed by atoms with Crippen LogP contribution < -0.4 is 9.47 Å². The normalized spacial score (nSPS) is 10.6. The summed E-state index contributed by atoms with van der Waals surface area (Å²) in [4.78, 5) is 31.0. The Morgan fingerprint density at radius 2 is 1.88 bits per heavy atom. The molecule has 2 aromatic heterocycles. The van der Waals surface area contributed by atoms with E-state index < -0.39 is 5.97 Å². The second kappa shape index (κ2) is 11.6. The molecule has 0 aliphatic rings. The highest BCUT2D eigenvalue weighted by atomic mass is 32.2. The predicted molar refractivity (Wildman–Crippen MR) is 126 cm³/mol. The SMILES string of the molecule is COc1ccc(CN(C)C(=O)COC(=O)c2cccnc2SCc2c(C)noc2C)cc1OC. The second-order valence-corrected chi connectivity index (χ2v) is 8.43. The Kier molecular flexibility index (Phi) is 8.53. The smallest absolute Gasteiger partial charge is 0.341 e. The molecule has 0 N–H and O–H groups in total. The molecule has 2 heterocycles. The Labute approximate surface area is 202 Å². The molecule has 10 heteroatoms. The number of benzene rings is 1. The zero-order valence-corrected chi connectivity index (χ0v) is 20.6. The highest BCUT2D eigenvalue weighted by Crippen LogP contribution is 2.29. The fraction of sp³-hybridized carbons (Fsp3) is 0.333. The molecule has 0 atom stereocenters. The van der Waals surface area contributed by atoms with Crippen molar-refractivity contribution in [1.29, 1.82) is 0 Å². The van der Waals surface area contributed by atoms with Gasteiger partial charge < -0.3 is 23.6 Å². The van der Waals surface area contributed by atoms with Crippen molar-refractivity contribution in [2.24, 2.45) is 0 Å². The summed E-state index contributed by atoms with van der Waals surface area (Å²) in [6, 6.07) is 8.70. The lowest BCUT2D eigenvalue weighted by molar-refractivity contribution is -0.133. The number of aryl methyl sites for hydroxylation is 2. The summed E-state index contributed by atoms with van der Waals surface area (Å²) in [5.74, 6) is 1.51. The summed E-state index contributed by atoms with van der Waals surface area (Å²) in [6.45, 7) is 3.64. The van der Waals surface area contributed by atoms with Crippen LogP contribution in [0.15, 0.2) is 46.1 Å². The first-order valence-electron chi connectivity index (χ1n) is 10.5. The van der Waals surface area contributed by atoms with Crippen LogP contribution in [0.4, 0.5) is 0 Å². The summed E-state index contributed by atoms with van der Waals surface area (Å²) >= 11 is 1.38. The first-order valence-corrected chi connectivity index (χ1v) is 11.4. The largest absolute Gasteiger partial charge is 0.493 e. The van der Waals surface area contributed by atoms with Crippen LogP contribution in [-0.4, -0.2) is 54.8 Å². The van der Waals surface area contributed by atoms with Gasteiger partial charge in [-0.3, -0.25) is 4.79 Å². The number of thioether (sulfide) groups is 1. The van der Waals surface area contributed by atoms with Crippen molar-refractivity contribution in [1.82, 2.24) is 15.0 Å². The number of esters is 1. The van der Waals surface area contributed by atoms with Gasteiger partial charge in [0.2, 0.25) is 0 Å². The van der Waals surface area contributed by atoms with E-state index in [-0.39, 0.29) is 12.5 Å². The van der Waals surface area contributed by atoms with Crippen LogP contribution in [-0.2, 0) is 21.8 Å². The van der Waals surface area contributed by atoms with Gasteiger partial charge in [0, 0.05) is 31.1 Å². The lowest BCUT2D eigenvalue weighted by Gasteiger charge is -2.18. The number of likely N-dealkylation sites (N-methyl/N-ethyl adjacent to an activating group) is 1.